The number of aliphatic carboxylic acids is 1. The minimum absolute atomic E-state index is 0.103. The number of nitrogens with zero attached hydrogens (tertiary/aromatic N) is 2. The number of fused-ring (bicyclic) bond motifs is 1. The molecule has 1 aliphatic rings. The van der Waals surface area contributed by atoms with Crippen molar-refractivity contribution < 1.29 is 19.1 Å². The molecule has 0 saturated carbocycles. The SMILES string of the molecule is C=C/C=C\C=C(/C)c1nc(CCOc2ccc(CCC(=O)O)c3c2CCN(Sc2ccc(-c4ccccc4)cc2)C3)c(C)o1. The third kappa shape index (κ3) is 7.98. The Morgan fingerprint density at radius 2 is 1.82 bits per heavy atom. The van der Waals surface area contributed by atoms with E-state index < -0.39 is 5.97 Å². The molecule has 6 nitrogen and oxygen atoms in total. The Labute approximate surface area is 263 Å². The Kier molecular flexibility index (Phi) is 10.5. The number of hydrogen-bond acceptors (Lipinski definition) is 6. The molecule has 0 radical (unpaired) electrons. The van der Waals surface area contributed by atoms with Crippen LogP contribution in [0.1, 0.15) is 47.4 Å². The summed E-state index contributed by atoms with van der Waals surface area (Å²) in [4.78, 5) is 17.3. The van der Waals surface area contributed by atoms with Gasteiger partial charge in [-0.2, -0.15) is 0 Å². The van der Waals surface area contributed by atoms with Crippen LogP contribution in [0.15, 0.2) is 107 Å². The number of carbonyl (C=O) groups is 1. The Balaban J connectivity index is 1.27. The van der Waals surface area contributed by atoms with Crippen LogP contribution in [-0.2, 0) is 30.6 Å². The molecule has 0 aliphatic carbocycles. The molecule has 226 valence electrons. The third-order valence-electron chi connectivity index (χ3n) is 7.65. The first-order valence-corrected chi connectivity index (χ1v) is 15.7. The highest BCUT2D eigenvalue weighted by molar-refractivity contribution is 7.97. The average Bonchev–Trinajstić information content (AvgIpc) is 3.41. The van der Waals surface area contributed by atoms with Crippen molar-refractivity contribution in [2.24, 2.45) is 0 Å². The predicted octanol–water partition coefficient (Wildman–Crippen LogP) is 8.50. The van der Waals surface area contributed by atoms with Gasteiger partial charge in [-0.05, 0) is 79.1 Å². The molecule has 44 heavy (non-hydrogen) atoms. The van der Waals surface area contributed by atoms with Gasteiger partial charge in [-0.15, -0.1) is 0 Å². The smallest absolute Gasteiger partial charge is 0.303 e. The van der Waals surface area contributed by atoms with Crippen LogP contribution in [0.2, 0.25) is 0 Å². The second-order valence-electron chi connectivity index (χ2n) is 10.8. The summed E-state index contributed by atoms with van der Waals surface area (Å²) in [6.07, 6.45) is 9.51. The summed E-state index contributed by atoms with van der Waals surface area (Å²) in [5.74, 6) is 1.48. The minimum Gasteiger partial charge on any atom is -0.493 e. The fraction of sp³-hybridized carbons (Fsp3) is 0.243. The van der Waals surface area contributed by atoms with E-state index in [-0.39, 0.29) is 6.42 Å². The predicted molar refractivity (Wildman–Crippen MR) is 178 cm³/mol. The highest BCUT2D eigenvalue weighted by Crippen LogP contribution is 2.36. The van der Waals surface area contributed by atoms with Crippen LogP contribution in [0.4, 0.5) is 0 Å². The van der Waals surface area contributed by atoms with Gasteiger partial charge in [0, 0.05) is 42.0 Å². The zero-order chi connectivity index (χ0) is 30.9. The maximum Gasteiger partial charge on any atom is 0.303 e. The number of oxazole rings is 1. The molecular formula is C37H38N2O4S. The lowest BCUT2D eigenvalue weighted by atomic mass is 9.92. The van der Waals surface area contributed by atoms with Crippen molar-refractivity contribution in [2.75, 3.05) is 13.2 Å². The zero-order valence-electron chi connectivity index (χ0n) is 25.3. The normalized spacial score (nSPS) is 13.6. The first kappa shape index (κ1) is 31.1. The van der Waals surface area contributed by atoms with E-state index in [1.54, 1.807) is 18.0 Å². The summed E-state index contributed by atoms with van der Waals surface area (Å²) < 4.78 is 14.6. The van der Waals surface area contributed by atoms with E-state index in [0.29, 0.717) is 25.3 Å². The van der Waals surface area contributed by atoms with Crippen molar-refractivity contribution in [3.63, 3.8) is 0 Å². The number of rotatable bonds is 13. The number of aryl methyl sites for hydroxylation is 2. The van der Waals surface area contributed by atoms with E-state index in [9.17, 15) is 9.90 Å². The van der Waals surface area contributed by atoms with Crippen molar-refractivity contribution in [3.8, 4) is 16.9 Å². The molecule has 5 rings (SSSR count). The van der Waals surface area contributed by atoms with Gasteiger partial charge in [-0.1, -0.05) is 79.4 Å². The van der Waals surface area contributed by atoms with Crippen molar-refractivity contribution >= 4 is 23.5 Å². The molecule has 7 heteroatoms. The molecule has 0 saturated heterocycles. The van der Waals surface area contributed by atoms with Crippen LogP contribution in [-0.4, -0.2) is 33.5 Å². The lowest BCUT2D eigenvalue weighted by molar-refractivity contribution is -0.136. The Morgan fingerprint density at radius 3 is 2.57 bits per heavy atom. The van der Waals surface area contributed by atoms with E-state index >= 15 is 0 Å². The van der Waals surface area contributed by atoms with E-state index in [0.717, 1.165) is 47.9 Å². The van der Waals surface area contributed by atoms with Crippen molar-refractivity contribution in [1.82, 2.24) is 9.29 Å². The second kappa shape index (κ2) is 14.9. The molecular weight excluding hydrogens is 568 g/mol. The fourth-order valence-corrected chi connectivity index (χ4v) is 6.23. The standard InChI is InChI=1S/C37H38N2O4S/c1-4-5-7-10-26(2)37-38-34(27(3)43-37)22-24-42-35-19-15-30(16-20-36(40)41)33-25-39(23-21-32(33)35)44-31-17-13-29(14-18-31)28-11-8-6-9-12-28/h4-15,17-19H,1,16,20-25H2,2-3H3,(H,40,41)/b7-5-,26-10+. The Hall–Kier alpha value is -4.33. The molecule has 1 aliphatic heterocycles. The largest absolute Gasteiger partial charge is 0.493 e. The molecule has 0 unspecified atom stereocenters. The highest BCUT2D eigenvalue weighted by Gasteiger charge is 2.24. The average molecular weight is 607 g/mol. The summed E-state index contributed by atoms with van der Waals surface area (Å²) in [6.45, 7) is 9.66. The first-order valence-electron chi connectivity index (χ1n) is 14.9. The number of benzene rings is 3. The molecule has 0 bridgehead atoms. The van der Waals surface area contributed by atoms with Gasteiger partial charge in [0.1, 0.15) is 11.5 Å². The van der Waals surface area contributed by atoms with Crippen LogP contribution in [0, 0.1) is 6.92 Å². The van der Waals surface area contributed by atoms with Crippen molar-refractivity contribution in [3.05, 3.63) is 132 Å². The van der Waals surface area contributed by atoms with Gasteiger partial charge in [-0.25, -0.2) is 9.29 Å². The summed E-state index contributed by atoms with van der Waals surface area (Å²) >= 11 is 1.74. The lowest BCUT2D eigenvalue weighted by Crippen LogP contribution is -2.26. The molecule has 2 heterocycles. The van der Waals surface area contributed by atoms with Crippen LogP contribution >= 0.6 is 11.9 Å². The van der Waals surface area contributed by atoms with Gasteiger partial charge < -0.3 is 14.3 Å². The maximum atomic E-state index is 11.4. The summed E-state index contributed by atoms with van der Waals surface area (Å²) in [5.41, 5.74) is 7.65. The first-order chi connectivity index (χ1) is 21.4. The number of carboxylic acid groups (broad SMARTS) is 1. The van der Waals surface area contributed by atoms with Gasteiger partial charge in [0.2, 0.25) is 5.89 Å². The van der Waals surface area contributed by atoms with E-state index in [1.165, 1.54) is 27.1 Å². The van der Waals surface area contributed by atoms with Gasteiger partial charge in [0.05, 0.1) is 12.3 Å². The number of ether oxygens (including phenoxy) is 1. The van der Waals surface area contributed by atoms with Crippen LogP contribution in [0.5, 0.6) is 5.75 Å². The van der Waals surface area contributed by atoms with Gasteiger partial charge in [-0.3, -0.25) is 4.79 Å². The molecule has 0 fully saturated rings. The Morgan fingerprint density at radius 1 is 1.05 bits per heavy atom. The molecule has 1 aromatic heterocycles. The lowest BCUT2D eigenvalue weighted by Gasteiger charge is -2.30. The highest BCUT2D eigenvalue weighted by atomic mass is 32.2. The second-order valence-corrected chi connectivity index (χ2v) is 11.9. The van der Waals surface area contributed by atoms with Crippen LogP contribution in [0.3, 0.4) is 0 Å². The fourth-order valence-electron chi connectivity index (χ4n) is 5.30. The maximum absolute atomic E-state index is 11.4. The number of aromatic nitrogens is 1. The van der Waals surface area contributed by atoms with E-state index in [1.807, 2.05) is 50.3 Å². The molecule has 0 amide bonds. The summed E-state index contributed by atoms with van der Waals surface area (Å²) in [5, 5.41) is 9.36. The van der Waals surface area contributed by atoms with Crippen LogP contribution < -0.4 is 4.74 Å². The number of allylic oxidation sites excluding steroid dienone is 5. The molecule has 0 spiro atoms. The monoisotopic (exact) mass is 606 g/mol. The third-order valence-corrected chi connectivity index (χ3v) is 8.71. The van der Waals surface area contributed by atoms with Crippen molar-refractivity contribution in [1.29, 1.82) is 0 Å². The van der Waals surface area contributed by atoms with Crippen molar-refractivity contribution in [2.45, 2.75) is 51.0 Å². The van der Waals surface area contributed by atoms with Gasteiger partial charge in [0.25, 0.3) is 0 Å². The Bertz CT molecular complexity index is 1660. The molecule has 3 aromatic carbocycles. The zero-order valence-corrected chi connectivity index (χ0v) is 26.1. The van der Waals surface area contributed by atoms with Gasteiger partial charge >= 0.3 is 5.97 Å². The minimum atomic E-state index is -0.788. The van der Waals surface area contributed by atoms with E-state index in [4.69, 9.17) is 14.1 Å². The number of hydrogen-bond donors (Lipinski definition) is 1. The van der Waals surface area contributed by atoms with E-state index in [2.05, 4.69) is 59.4 Å². The van der Waals surface area contributed by atoms with Crippen LogP contribution in [0.25, 0.3) is 16.7 Å². The molecule has 1 N–H and O–H groups in total. The topological polar surface area (TPSA) is 75.8 Å². The summed E-state index contributed by atoms with van der Waals surface area (Å²) in [7, 11) is 0. The van der Waals surface area contributed by atoms with Gasteiger partial charge in [0.15, 0.2) is 0 Å². The number of carboxylic acids is 1. The summed E-state index contributed by atoms with van der Waals surface area (Å²) in [6, 6.07) is 23.1. The molecule has 0 atom stereocenters. The quantitative estimate of drug-likeness (QED) is 0.121. The molecule has 4 aromatic rings.